The Labute approximate surface area is 238 Å². The van der Waals surface area contributed by atoms with Gasteiger partial charge in [-0.15, -0.1) is 0 Å². The Morgan fingerprint density at radius 2 is 1.77 bits per heavy atom. The van der Waals surface area contributed by atoms with Crippen LogP contribution in [-0.4, -0.2) is 53.8 Å². The summed E-state index contributed by atoms with van der Waals surface area (Å²) in [5, 5.41) is 5.14. The lowest BCUT2D eigenvalue weighted by Crippen LogP contribution is -2.48. The van der Waals surface area contributed by atoms with E-state index in [-0.39, 0.29) is 17.1 Å². The topological polar surface area (TPSA) is 53.0 Å². The van der Waals surface area contributed by atoms with Gasteiger partial charge in [0.15, 0.2) is 0 Å². The van der Waals surface area contributed by atoms with Crippen LogP contribution in [0, 0.1) is 5.41 Å². The third-order valence-corrected chi connectivity index (χ3v) is 7.61. The maximum Gasteiger partial charge on any atom is 0.472 e. The number of hydrogen-bond acceptors (Lipinski definition) is 5. The minimum Gasteiger partial charge on any atom is -0.286 e. The fourth-order valence-electron chi connectivity index (χ4n) is 4.29. The SMILES string of the molecule is CSCCCC1(C)CN(CC(=O)N(C(=O)C(F)(F)F)c2ccc(Br)cc2)N=C1c1ccc(C(F)(F)F)c(Cl)c1. The van der Waals surface area contributed by atoms with Crippen molar-refractivity contribution in [3.8, 4) is 0 Å². The number of hydrazone groups is 1. The molecule has 14 heteroatoms. The molecule has 0 spiro atoms. The summed E-state index contributed by atoms with van der Waals surface area (Å²) in [6.07, 6.45) is -6.81. The lowest BCUT2D eigenvalue weighted by Gasteiger charge is -2.28. The third kappa shape index (κ3) is 7.49. The molecule has 0 saturated carbocycles. The molecule has 1 atom stereocenters. The number of halogens is 8. The van der Waals surface area contributed by atoms with E-state index in [1.54, 1.807) is 11.8 Å². The molecule has 0 fully saturated rings. The molecule has 1 aliphatic rings. The Morgan fingerprint density at radius 3 is 2.31 bits per heavy atom. The number of carbonyl (C=O) groups excluding carboxylic acids is 2. The van der Waals surface area contributed by atoms with Crippen LogP contribution in [-0.2, 0) is 15.8 Å². The van der Waals surface area contributed by atoms with Crippen LogP contribution in [0.4, 0.5) is 32.0 Å². The highest BCUT2D eigenvalue weighted by atomic mass is 79.9. The number of anilines is 1. The van der Waals surface area contributed by atoms with Gasteiger partial charge in [-0.1, -0.05) is 40.5 Å². The number of benzene rings is 2. The van der Waals surface area contributed by atoms with Crippen LogP contribution in [0.15, 0.2) is 52.0 Å². The Kier molecular flexibility index (Phi) is 9.70. The van der Waals surface area contributed by atoms with Crippen LogP contribution in [0.2, 0.25) is 5.02 Å². The van der Waals surface area contributed by atoms with E-state index in [0.29, 0.717) is 28.6 Å². The van der Waals surface area contributed by atoms with E-state index < -0.39 is 46.7 Å². The van der Waals surface area contributed by atoms with Gasteiger partial charge in [0.25, 0.3) is 5.91 Å². The minimum absolute atomic E-state index is 0.0556. The fraction of sp³-hybridized carbons (Fsp3) is 0.400. The maximum absolute atomic E-state index is 13.4. The maximum atomic E-state index is 13.4. The van der Waals surface area contributed by atoms with Gasteiger partial charge >= 0.3 is 18.3 Å². The summed E-state index contributed by atoms with van der Waals surface area (Å²) < 4.78 is 80.4. The fourth-order valence-corrected chi connectivity index (χ4v) is 5.27. The molecule has 1 heterocycles. The van der Waals surface area contributed by atoms with E-state index in [4.69, 9.17) is 11.6 Å². The highest BCUT2D eigenvalue weighted by Gasteiger charge is 2.47. The predicted octanol–water partition coefficient (Wildman–Crippen LogP) is 7.41. The van der Waals surface area contributed by atoms with Crippen LogP contribution < -0.4 is 4.90 Å². The van der Waals surface area contributed by atoms with Crippen molar-refractivity contribution in [2.75, 3.05) is 30.0 Å². The number of alkyl halides is 6. The normalized spacial score (nSPS) is 17.8. The molecule has 1 unspecified atom stereocenters. The second kappa shape index (κ2) is 12.1. The van der Waals surface area contributed by atoms with Crippen molar-refractivity contribution in [1.29, 1.82) is 0 Å². The summed E-state index contributed by atoms with van der Waals surface area (Å²) in [6.45, 7) is 1.24. The second-order valence-electron chi connectivity index (χ2n) is 9.13. The number of rotatable bonds is 8. The van der Waals surface area contributed by atoms with Gasteiger partial charge in [0.1, 0.15) is 6.54 Å². The summed E-state index contributed by atoms with van der Waals surface area (Å²) in [5.41, 5.74) is -1.39. The van der Waals surface area contributed by atoms with Crippen LogP contribution in [0.25, 0.3) is 0 Å². The van der Waals surface area contributed by atoms with Crippen molar-refractivity contribution in [1.82, 2.24) is 5.01 Å². The number of amides is 2. The Hall–Kier alpha value is -2.25. The molecule has 2 amide bonds. The van der Waals surface area contributed by atoms with Gasteiger partial charge in [-0.2, -0.15) is 43.2 Å². The molecule has 0 N–H and O–H groups in total. The Bertz CT molecular complexity index is 1260. The number of carbonyl (C=O) groups is 2. The van der Waals surface area contributed by atoms with E-state index in [2.05, 4.69) is 21.0 Å². The number of hydrogen-bond donors (Lipinski definition) is 0. The molecule has 212 valence electrons. The first kappa shape index (κ1) is 31.3. The van der Waals surface area contributed by atoms with E-state index in [0.717, 1.165) is 17.9 Å². The average molecular weight is 659 g/mol. The van der Waals surface area contributed by atoms with Crippen LogP contribution >= 0.6 is 39.3 Å². The van der Waals surface area contributed by atoms with Crippen LogP contribution in [0.3, 0.4) is 0 Å². The number of thioether (sulfide) groups is 1. The average Bonchev–Trinajstić information content (AvgIpc) is 3.14. The summed E-state index contributed by atoms with van der Waals surface area (Å²) >= 11 is 10.7. The van der Waals surface area contributed by atoms with E-state index in [1.807, 2.05) is 13.2 Å². The number of imide groups is 1. The number of nitrogens with zero attached hydrogens (tertiary/aromatic N) is 3. The molecule has 2 aromatic rings. The van der Waals surface area contributed by atoms with Gasteiger partial charge in [-0.05, 0) is 66.8 Å². The van der Waals surface area contributed by atoms with E-state index in [9.17, 15) is 35.9 Å². The zero-order chi connectivity index (χ0) is 29.2. The smallest absolute Gasteiger partial charge is 0.286 e. The first-order valence-corrected chi connectivity index (χ1v) is 14.0. The van der Waals surface area contributed by atoms with Gasteiger partial charge < -0.3 is 0 Å². The van der Waals surface area contributed by atoms with Crippen molar-refractivity contribution in [3.05, 3.63) is 63.1 Å². The zero-order valence-electron chi connectivity index (χ0n) is 20.7. The van der Waals surface area contributed by atoms with Crippen molar-refractivity contribution in [2.24, 2.45) is 10.5 Å². The second-order valence-corrected chi connectivity index (χ2v) is 11.4. The van der Waals surface area contributed by atoms with E-state index >= 15 is 0 Å². The highest BCUT2D eigenvalue weighted by molar-refractivity contribution is 9.10. The molecule has 5 nitrogen and oxygen atoms in total. The monoisotopic (exact) mass is 657 g/mol. The molecule has 0 radical (unpaired) electrons. The minimum atomic E-state index is -5.31. The van der Waals surface area contributed by atoms with E-state index in [1.165, 1.54) is 35.3 Å². The van der Waals surface area contributed by atoms with Gasteiger partial charge in [-0.25, -0.2) is 4.90 Å². The Balaban J connectivity index is 1.97. The molecule has 39 heavy (non-hydrogen) atoms. The van der Waals surface area contributed by atoms with Crippen molar-refractivity contribution in [3.63, 3.8) is 0 Å². The molecule has 1 aliphatic heterocycles. The van der Waals surface area contributed by atoms with Gasteiger partial charge in [0, 0.05) is 16.4 Å². The first-order chi connectivity index (χ1) is 18.1. The van der Waals surface area contributed by atoms with Gasteiger partial charge in [0.05, 0.1) is 22.0 Å². The van der Waals surface area contributed by atoms with Crippen LogP contribution in [0.1, 0.15) is 30.9 Å². The summed E-state index contributed by atoms with van der Waals surface area (Å²) in [6, 6.07) is 8.39. The standard InChI is InChI=1S/C25H23BrClF6N3O2S/c1-23(10-3-11-39-2)14-35(34-21(23)15-4-9-18(19(27)12-15)24(28,29)30)13-20(37)36(22(38)25(31,32)33)17-7-5-16(26)6-8-17/h4-9,12H,3,10-11,13-14H2,1-2H3. The molecule has 0 aliphatic carbocycles. The molecule has 0 bridgehead atoms. The molecular formula is C25H23BrClF6N3O2S. The van der Waals surface area contributed by atoms with Gasteiger partial charge in [0.2, 0.25) is 0 Å². The quantitative estimate of drug-likeness (QED) is 0.219. The summed E-state index contributed by atoms with van der Waals surface area (Å²) in [5.74, 6) is -2.73. The summed E-state index contributed by atoms with van der Waals surface area (Å²) in [4.78, 5) is 25.4. The highest BCUT2D eigenvalue weighted by Crippen LogP contribution is 2.39. The Morgan fingerprint density at radius 1 is 1.13 bits per heavy atom. The van der Waals surface area contributed by atoms with Crippen molar-refractivity contribution >= 4 is 62.5 Å². The van der Waals surface area contributed by atoms with Gasteiger partial charge in [-0.3, -0.25) is 14.6 Å². The van der Waals surface area contributed by atoms with Crippen molar-refractivity contribution in [2.45, 2.75) is 32.1 Å². The zero-order valence-corrected chi connectivity index (χ0v) is 23.8. The molecule has 0 aromatic heterocycles. The molecule has 3 rings (SSSR count). The largest absolute Gasteiger partial charge is 0.472 e. The van der Waals surface area contributed by atoms with Crippen LogP contribution in [0.5, 0.6) is 0 Å². The summed E-state index contributed by atoms with van der Waals surface area (Å²) in [7, 11) is 0. The third-order valence-electron chi connectivity index (χ3n) is 6.07. The van der Waals surface area contributed by atoms with Crippen molar-refractivity contribution < 1.29 is 35.9 Å². The predicted molar refractivity (Wildman–Crippen MR) is 143 cm³/mol. The lowest BCUT2D eigenvalue weighted by atomic mass is 9.78. The molecule has 2 aromatic carbocycles. The molecular weight excluding hydrogens is 636 g/mol. The molecule has 0 saturated heterocycles. The first-order valence-electron chi connectivity index (χ1n) is 11.5. The lowest BCUT2D eigenvalue weighted by molar-refractivity contribution is -0.171.